The highest BCUT2D eigenvalue weighted by Gasteiger charge is 2.34. The summed E-state index contributed by atoms with van der Waals surface area (Å²) in [5.41, 5.74) is 4.17. The van der Waals surface area contributed by atoms with E-state index < -0.39 is 0 Å². The van der Waals surface area contributed by atoms with Gasteiger partial charge in [0, 0.05) is 23.1 Å². The van der Waals surface area contributed by atoms with Crippen molar-refractivity contribution in [3.8, 4) is 11.8 Å². The van der Waals surface area contributed by atoms with Gasteiger partial charge < -0.3 is 0 Å². The molecule has 0 atom stereocenters. The molecular formula is C23H17NO2S. The molecule has 1 aliphatic rings. The predicted molar refractivity (Wildman–Crippen MR) is 107 cm³/mol. The Kier molecular flexibility index (Phi) is 4.86. The van der Waals surface area contributed by atoms with Gasteiger partial charge in [-0.2, -0.15) is 11.3 Å². The summed E-state index contributed by atoms with van der Waals surface area (Å²) >= 11 is 1.63. The van der Waals surface area contributed by atoms with E-state index in [0.29, 0.717) is 17.7 Å². The van der Waals surface area contributed by atoms with Crippen molar-refractivity contribution in [3.63, 3.8) is 0 Å². The molecule has 0 N–H and O–H groups in total. The number of hydrogen-bond donors (Lipinski definition) is 0. The van der Waals surface area contributed by atoms with Gasteiger partial charge in [-0.1, -0.05) is 36.1 Å². The molecule has 0 bridgehead atoms. The van der Waals surface area contributed by atoms with E-state index in [1.54, 1.807) is 35.6 Å². The highest BCUT2D eigenvalue weighted by molar-refractivity contribution is 7.08. The maximum Gasteiger partial charge on any atom is 0.261 e. The third-order valence-corrected chi connectivity index (χ3v) is 5.21. The van der Waals surface area contributed by atoms with E-state index in [1.807, 2.05) is 29.0 Å². The number of thiophene rings is 1. The third kappa shape index (κ3) is 3.69. The zero-order chi connectivity index (χ0) is 18.6. The van der Waals surface area contributed by atoms with Gasteiger partial charge in [0.05, 0.1) is 11.1 Å². The molecule has 27 heavy (non-hydrogen) atoms. The first-order valence-electron chi connectivity index (χ1n) is 8.81. The van der Waals surface area contributed by atoms with Crippen LogP contribution in [0.25, 0.3) is 0 Å². The molecule has 0 fully saturated rings. The molecule has 0 radical (unpaired) electrons. The number of carbonyl (C=O) groups is 2. The fourth-order valence-corrected chi connectivity index (χ4v) is 3.76. The van der Waals surface area contributed by atoms with Crippen LogP contribution in [0.1, 0.15) is 43.8 Å². The average molecular weight is 371 g/mol. The number of carbonyl (C=O) groups excluding carboxylic acids is 2. The minimum atomic E-state index is -0.189. The molecule has 0 unspecified atom stereocenters. The smallest absolute Gasteiger partial charge is 0.261 e. The normalized spacial score (nSPS) is 12.7. The number of rotatable bonds is 4. The third-order valence-electron chi connectivity index (χ3n) is 4.52. The van der Waals surface area contributed by atoms with Gasteiger partial charge in [0.25, 0.3) is 11.8 Å². The van der Waals surface area contributed by atoms with E-state index in [0.717, 1.165) is 29.5 Å². The lowest BCUT2D eigenvalue weighted by atomic mass is 10.1. The number of benzene rings is 2. The van der Waals surface area contributed by atoms with Gasteiger partial charge in [-0.3, -0.25) is 14.5 Å². The molecular weight excluding hydrogens is 354 g/mol. The molecule has 1 aliphatic heterocycles. The quantitative estimate of drug-likeness (QED) is 0.504. The number of fused-ring (bicyclic) bond motifs is 1. The summed E-state index contributed by atoms with van der Waals surface area (Å²) in [5, 5.41) is 4.04. The lowest BCUT2D eigenvalue weighted by Crippen LogP contribution is -2.30. The molecule has 4 rings (SSSR count). The predicted octanol–water partition coefficient (Wildman–Crippen LogP) is 4.38. The number of imide groups is 1. The van der Waals surface area contributed by atoms with Crippen molar-refractivity contribution in [2.24, 2.45) is 0 Å². The lowest BCUT2D eigenvalue weighted by molar-refractivity contribution is 0.0652. The van der Waals surface area contributed by atoms with Crippen LogP contribution in [0.3, 0.4) is 0 Å². The zero-order valence-corrected chi connectivity index (χ0v) is 15.5. The van der Waals surface area contributed by atoms with Gasteiger partial charge in [0.15, 0.2) is 0 Å². The first-order valence-corrected chi connectivity index (χ1v) is 9.75. The summed E-state index contributed by atoms with van der Waals surface area (Å²) in [6.45, 7) is 0.428. The van der Waals surface area contributed by atoms with E-state index in [1.165, 1.54) is 4.90 Å². The molecule has 0 saturated carbocycles. The van der Waals surface area contributed by atoms with Crippen molar-refractivity contribution in [1.29, 1.82) is 0 Å². The Morgan fingerprint density at radius 1 is 0.852 bits per heavy atom. The Bertz CT molecular complexity index is 1020. The van der Waals surface area contributed by atoms with Gasteiger partial charge in [-0.05, 0) is 54.1 Å². The molecule has 132 valence electrons. The van der Waals surface area contributed by atoms with E-state index >= 15 is 0 Å². The maximum absolute atomic E-state index is 12.4. The van der Waals surface area contributed by atoms with Crippen LogP contribution in [0.2, 0.25) is 0 Å². The molecule has 1 aromatic heterocycles. The zero-order valence-electron chi connectivity index (χ0n) is 14.6. The van der Waals surface area contributed by atoms with Crippen LogP contribution >= 0.6 is 11.3 Å². The summed E-state index contributed by atoms with van der Waals surface area (Å²) in [6, 6.07) is 17.1. The number of aryl methyl sites for hydroxylation is 1. The Morgan fingerprint density at radius 3 is 2.30 bits per heavy atom. The Labute approximate surface area is 162 Å². The molecule has 2 heterocycles. The molecule has 2 amide bonds. The number of nitrogens with zero attached hydrogens (tertiary/aromatic N) is 1. The van der Waals surface area contributed by atoms with Gasteiger partial charge in [-0.25, -0.2) is 0 Å². The van der Waals surface area contributed by atoms with E-state index in [4.69, 9.17) is 0 Å². The van der Waals surface area contributed by atoms with E-state index in [2.05, 4.69) is 24.0 Å². The summed E-state index contributed by atoms with van der Waals surface area (Å²) in [7, 11) is 0. The molecule has 3 aromatic rings. The van der Waals surface area contributed by atoms with Crippen molar-refractivity contribution in [2.45, 2.75) is 12.8 Å². The van der Waals surface area contributed by atoms with Gasteiger partial charge in [0.1, 0.15) is 0 Å². The fourth-order valence-electron chi connectivity index (χ4n) is 3.17. The van der Waals surface area contributed by atoms with Crippen LogP contribution < -0.4 is 0 Å². The lowest BCUT2D eigenvalue weighted by Gasteiger charge is -2.13. The molecule has 2 aromatic carbocycles. The second kappa shape index (κ2) is 7.61. The van der Waals surface area contributed by atoms with Crippen LogP contribution in [0.4, 0.5) is 0 Å². The highest BCUT2D eigenvalue weighted by Crippen LogP contribution is 2.22. The van der Waals surface area contributed by atoms with Crippen LogP contribution in [-0.2, 0) is 6.42 Å². The Hall–Kier alpha value is -3.16. The molecule has 0 saturated heterocycles. The summed E-state index contributed by atoms with van der Waals surface area (Å²) in [5.74, 6) is 5.96. The highest BCUT2D eigenvalue weighted by atomic mass is 32.1. The Balaban J connectivity index is 1.38. The van der Waals surface area contributed by atoms with Gasteiger partial charge in [-0.15, -0.1) is 0 Å². The summed E-state index contributed by atoms with van der Waals surface area (Å²) in [4.78, 5) is 26.1. The van der Waals surface area contributed by atoms with E-state index in [9.17, 15) is 9.59 Å². The SMILES string of the molecule is O=C1c2ccccc2C(=O)N1CCCc1cccc(C#Cc2ccsc2)c1. The topological polar surface area (TPSA) is 37.4 Å². The second-order valence-corrected chi connectivity index (χ2v) is 7.15. The minimum absolute atomic E-state index is 0.189. The molecule has 3 nitrogen and oxygen atoms in total. The van der Waals surface area contributed by atoms with Crippen LogP contribution in [0.5, 0.6) is 0 Å². The van der Waals surface area contributed by atoms with Crippen LogP contribution in [-0.4, -0.2) is 23.3 Å². The minimum Gasteiger partial charge on any atom is -0.274 e. The van der Waals surface area contributed by atoms with Crippen molar-refractivity contribution in [1.82, 2.24) is 4.90 Å². The van der Waals surface area contributed by atoms with Crippen molar-refractivity contribution in [3.05, 3.63) is 93.2 Å². The van der Waals surface area contributed by atoms with Crippen LogP contribution in [0.15, 0.2) is 65.4 Å². The standard InChI is InChI=1S/C23H17NO2S/c25-22-20-8-1-2-9-21(20)23(26)24(22)13-4-7-17-5-3-6-18(15-17)10-11-19-12-14-27-16-19/h1-3,5-6,8-9,12,14-16H,4,7,13H2. The second-order valence-electron chi connectivity index (χ2n) is 6.37. The largest absolute Gasteiger partial charge is 0.274 e. The Morgan fingerprint density at radius 2 is 1.59 bits per heavy atom. The number of hydrogen-bond acceptors (Lipinski definition) is 3. The number of amides is 2. The molecule has 0 spiro atoms. The monoisotopic (exact) mass is 371 g/mol. The first-order chi connectivity index (χ1) is 13.2. The van der Waals surface area contributed by atoms with Crippen molar-refractivity contribution in [2.75, 3.05) is 6.54 Å². The molecule has 4 heteroatoms. The summed E-state index contributed by atoms with van der Waals surface area (Å²) in [6.07, 6.45) is 1.52. The van der Waals surface area contributed by atoms with Crippen LogP contribution in [0, 0.1) is 11.8 Å². The van der Waals surface area contributed by atoms with Crippen molar-refractivity contribution >= 4 is 23.2 Å². The first kappa shape index (κ1) is 17.3. The van der Waals surface area contributed by atoms with Gasteiger partial charge >= 0.3 is 0 Å². The fraction of sp³-hybridized carbons (Fsp3) is 0.130. The summed E-state index contributed by atoms with van der Waals surface area (Å²) < 4.78 is 0. The molecule has 0 aliphatic carbocycles. The maximum atomic E-state index is 12.4. The average Bonchev–Trinajstić information content (AvgIpc) is 3.30. The van der Waals surface area contributed by atoms with E-state index in [-0.39, 0.29) is 11.8 Å². The van der Waals surface area contributed by atoms with Gasteiger partial charge in [0.2, 0.25) is 0 Å². The van der Waals surface area contributed by atoms with Crippen molar-refractivity contribution < 1.29 is 9.59 Å².